The van der Waals surface area contributed by atoms with Gasteiger partial charge in [-0.25, -0.2) is 4.99 Å². The van der Waals surface area contributed by atoms with Crippen molar-refractivity contribution in [2.75, 3.05) is 19.6 Å². The first-order valence-corrected chi connectivity index (χ1v) is 10.4. The Kier molecular flexibility index (Phi) is 5.17. The smallest absolute Gasteiger partial charge is 0.292 e. The molecule has 3 heterocycles. The summed E-state index contributed by atoms with van der Waals surface area (Å²) in [4.78, 5) is 32.2. The number of hydrogen-bond donors (Lipinski definition) is 1. The SMILES string of the molecule is Cc1ccsc1C(=O)N1CCC2(CC1)OC(=NCCc1ccccc1)NC2=O. The summed E-state index contributed by atoms with van der Waals surface area (Å²) in [7, 11) is 0. The summed E-state index contributed by atoms with van der Waals surface area (Å²) in [5, 5.41) is 4.70. The van der Waals surface area contributed by atoms with Gasteiger partial charge in [0, 0.05) is 32.5 Å². The van der Waals surface area contributed by atoms with Gasteiger partial charge in [-0.3, -0.25) is 14.9 Å². The number of hydrogen-bond acceptors (Lipinski definition) is 5. The zero-order valence-electron chi connectivity index (χ0n) is 15.8. The van der Waals surface area contributed by atoms with E-state index >= 15 is 0 Å². The van der Waals surface area contributed by atoms with Crippen LogP contribution in [-0.2, 0) is 16.0 Å². The van der Waals surface area contributed by atoms with Crippen molar-refractivity contribution in [3.63, 3.8) is 0 Å². The van der Waals surface area contributed by atoms with Crippen molar-refractivity contribution in [2.24, 2.45) is 4.99 Å². The van der Waals surface area contributed by atoms with Crippen LogP contribution >= 0.6 is 11.3 Å². The quantitative estimate of drug-likeness (QED) is 0.862. The fourth-order valence-electron chi connectivity index (χ4n) is 3.61. The summed E-state index contributed by atoms with van der Waals surface area (Å²) < 4.78 is 5.94. The summed E-state index contributed by atoms with van der Waals surface area (Å²) >= 11 is 1.46. The minimum Gasteiger partial charge on any atom is -0.448 e. The van der Waals surface area contributed by atoms with Crippen LogP contribution in [0.2, 0.25) is 0 Å². The van der Waals surface area contributed by atoms with Gasteiger partial charge in [0.2, 0.25) is 0 Å². The number of thiophene rings is 1. The molecular weight excluding hydrogens is 374 g/mol. The van der Waals surface area contributed by atoms with E-state index in [1.54, 1.807) is 0 Å². The van der Waals surface area contributed by atoms with E-state index < -0.39 is 5.60 Å². The summed E-state index contributed by atoms with van der Waals surface area (Å²) in [6.45, 7) is 3.50. The average molecular weight is 398 g/mol. The molecule has 0 bridgehead atoms. The molecule has 2 amide bonds. The van der Waals surface area contributed by atoms with Crippen LogP contribution < -0.4 is 5.32 Å². The fourth-order valence-corrected chi connectivity index (χ4v) is 4.50. The number of amidine groups is 1. The minimum absolute atomic E-state index is 0.0394. The third-order valence-corrected chi connectivity index (χ3v) is 6.34. The maximum atomic E-state index is 12.7. The van der Waals surface area contributed by atoms with Crippen molar-refractivity contribution in [1.82, 2.24) is 10.2 Å². The molecular formula is C21H23N3O3S. The Bertz CT molecular complexity index is 899. The lowest BCUT2D eigenvalue weighted by molar-refractivity contribution is -0.134. The Labute approximate surface area is 168 Å². The van der Waals surface area contributed by atoms with Crippen molar-refractivity contribution in [3.8, 4) is 0 Å². The summed E-state index contributed by atoms with van der Waals surface area (Å²) in [5.41, 5.74) is 1.30. The molecule has 146 valence electrons. The number of nitrogens with zero attached hydrogens (tertiary/aromatic N) is 2. The Morgan fingerprint density at radius 2 is 2.00 bits per heavy atom. The number of aryl methyl sites for hydroxylation is 1. The van der Waals surface area contributed by atoms with Crippen molar-refractivity contribution < 1.29 is 14.3 Å². The third kappa shape index (κ3) is 3.67. The number of rotatable bonds is 4. The van der Waals surface area contributed by atoms with Crippen molar-refractivity contribution in [2.45, 2.75) is 31.8 Å². The van der Waals surface area contributed by atoms with E-state index in [1.807, 2.05) is 41.5 Å². The lowest BCUT2D eigenvalue weighted by Crippen LogP contribution is -2.51. The highest BCUT2D eigenvalue weighted by Crippen LogP contribution is 2.31. The summed E-state index contributed by atoms with van der Waals surface area (Å²) in [6, 6.07) is 12.3. The zero-order chi connectivity index (χ0) is 19.6. The molecule has 0 atom stereocenters. The van der Waals surface area contributed by atoms with Gasteiger partial charge in [0.1, 0.15) is 0 Å². The third-order valence-electron chi connectivity index (χ3n) is 5.34. The monoisotopic (exact) mass is 397 g/mol. The van der Waals surface area contributed by atoms with Crippen LogP contribution in [0.1, 0.15) is 33.6 Å². The van der Waals surface area contributed by atoms with E-state index in [1.165, 1.54) is 16.9 Å². The molecule has 4 rings (SSSR count). The minimum atomic E-state index is -0.896. The van der Waals surface area contributed by atoms with Gasteiger partial charge in [-0.05, 0) is 35.9 Å². The molecule has 0 radical (unpaired) electrons. The molecule has 1 aromatic carbocycles. The fraction of sp³-hybridized carbons (Fsp3) is 0.381. The lowest BCUT2D eigenvalue weighted by Gasteiger charge is -2.36. The molecule has 1 aromatic heterocycles. The van der Waals surface area contributed by atoms with Gasteiger partial charge < -0.3 is 9.64 Å². The number of nitrogens with one attached hydrogen (secondary N) is 1. The van der Waals surface area contributed by atoms with Crippen molar-refractivity contribution in [1.29, 1.82) is 0 Å². The van der Waals surface area contributed by atoms with Crippen LogP contribution in [0.5, 0.6) is 0 Å². The van der Waals surface area contributed by atoms with Gasteiger partial charge in [0.15, 0.2) is 5.60 Å². The molecule has 1 N–H and O–H groups in total. The van der Waals surface area contributed by atoms with Crippen molar-refractivity contribution in [3.05, 3.63) is 57.8 Å². The average Bonchev–Trinajstić information content (AvgIpc) is 3.26. The van der Waals surface area contributed by atoms with E-state index in [2.05, 4.69) is 22.4 Å². The second-order valence-corrected chi connectivity index (χ2v) is 8.11. The van der Waals surface area contributed by atoms with Crippen LogP contribution in [0.4, 0.5) is 0 Å². The number of ether oxygens (including phenoxy) is 1. The molecule has 2 aromatic rings. The van der Waals surface area contributed by atoms with Crippen LogP contribution in [0.15, 0.2) is 46.8 Å². The number of amides is 2. The molecule has 28 heavy (non-hydrogen) atoms. The topological polar surface area (TPSA) is 71.0 Å². The lowest BCUT2D eigenvalue weighted by atomic mass is 9.90. The second kappa shape index (κ2) is 7.75. The summed E-state index contributed by atoms with van der Waals surface area (Å²) in [5.74, 6) is -0.108. The number of likely N-dealkylation sites (tertiary alicyclic amines) is 1. The molecule has 0 saturated carbocycles. The molecule has 6 nitrogen and oxygen atoms in total. The van der Waals surface area contributed by atoms with Gasteiger partial charge in [-0.1, -0.05) is 30.3 Å². The standard InChI is InChI=1S/C21H23N3O3S/c1-15-8-14-28-17(15)18(25)24-12-9-21(10-13-24)19(26)23-20(27-21)22-11-7-16-5-3-2-4-6-16/h2-6,8,14H,7,9-13H2,1H3,(H,22,23,26). The van der Waals surface area contributed by atoms with E-state index in [4.69, 9.17) is 4.74 Å². The van der Waals surface area contributed by atoms with Gasteiger partial charge >= 0.3 is 0 Å². The van der Waals surface area contributed by atoms with Crippen LogP contribution in [-0.4, -0.2) is 48.0 Å². The highest BCUT2D eigenvalue weighted by atomic mass is 32.1. The van der Waals surface area contributed by atoms with Gasteiger partial charge in [0.05, 0.1) is 4.88 Å². The Hall–Kier alpha value is -2.67. The van der Waals surface area contributed by atoms with Gasteiger partial charge in [0.25, 0.3) is 17.8 Å². The molecule has 2 fully saturated rings. The van der Waals surface area contributed by atoms with Crippen molar-refractivity contribution >= 4 is 29.2 Å². The predicted octanol–water partition coefficient (Wildman–Crippen LogP) is 2.78. The molecule has 0 aliphatic carbocycles. The Morgan fingerprint density at radius 1 is 1.25 bits per heavy atom. The highest BCUT2D eigenvalue weighted by molar-refractivity contribution is 7.12. The van der Waals surface area contributed by atoms with Crippen LogP contribution in [0, 0.1) is 6.92 Å². The normalized spacial score (nSPS) is 19.7. The van der Waals surface area contributed by atoms with Gasteiger partial charge in [-0.2, -0.15) is 0 Å². The Balaban J connectivity index is 1.35. The molecule has 1 spiro atoms. The first-order chi connectivity index (χ1) is 13.6. The molecule has 2 aliphatic heterocycles. The van der Waals surface area contributed by atoms with E-state index in [0.717, 1.165) is 16.9 Å². The zero-order valence-corrected chi connectivity index (χ0v) is 16.6. The van der Waals surface area contributed by atoms with E-state index in [-0.39, 0.29) is 11.8 Å². The molecule has 7 heteroatoms. The van der Waals surface area contributed by atoms with E-state index in [9.17, 15) is 9.59 Å². The first kappa shape index (κ1) is 18.7. The van der Waals surface area contributed by atoms with Crippen LogP contribution in [0.25, 0.3) is 0 Å². The maximum Gasteiger partial charge on any atom is 0.292 e. The second-order valence-electron chi connectivity index (χ2n) is 7.20. The molecule has 2 aliphatic rings. The number of carbonyl (C=O) groups excluding carboxylic acids is 2. The first-order valence-electron chi connectivity index (χ1n) is 9.50. The summed E-state index contributed by atoms with van der Waals surface area (Å²) in [6.07, 6.45) is 1.75. The Morgan fingerprint density at radius 3 is 2.68 bits per heavy atom. The van der Waals surface area contributed by atoms with E-state index in [0.29, 0.717) is 38.5 Å². The molecule has 2 saturated heterocycles. The number of piperidine rings is 1. The number of benzene rings is 1. The number of carbonyl (C=O) groups is 2. The highest BCUT2D eigenvalue weighted by Gasteiger charge is 2.50. The number of aliphatic imine (C=N–C) groups is 1. The van der Waals surface area contributed by atoms with Gasteiger partial charge in [-0.15, -0.1) is 11.3 Å². The molecule has 0 unspecified atom stereocenters. The largest absolute Gasteiger partial charge is 0.448 e. The van der Waals surface area contributed by atoms with Crippen LogP contribution in [0.3, 0.4) is 0 Å². The predicted molar refractivity (Wildman–Crippen MR) is 109 cm³/mol. The maximum absolute atomic E-state index is 12.7.